The van der Waals surface area contributed by atoms with Gasteiger partial charge in [0.25, 0.3) is 10.0 Å². The number of ether oxygens (including phenoxy) is 1. The number of aromatic nitrogens is 3. The van der Waals surface area contributed by atoms with Crippen LogP contribution in [0.2, 0.25) is 0 Å². The van der Waals surface area contributed by atoms with E-state index < -0.39 is 45.7 Å². The van der Waals surface area contributed by atoms with Crippen LogP contribution in [0.1, 0.15) is 29.4 Å². The summed E-state index contributed by atoms with van der Waals surface area (Å²) in [5, 5.41) is 9.44. The number of carbonyl (C=O) groups is 1. The van der Waals surface area contributed by atoms with E-state index in [9.17, 15) is 26.4 Å². The van der Waals surface area contributed by atoms with Crippen molar-refractivity contribution in [3.63, 3.8) is 0 Å². The minimum absolute atomic E-state index is 0.108. The number of nitrogens with one attached hydrogen (secondary N) is 1. The molecular weight excluding hydrogens is 555 g/mol. The number of sulfonamides is 1. The van der Waals surface area contributed by atoms with E-state index in [1.54, 1.807) is 0 Å². The molecule has 16 heteroatoms. The van der Waals surface area contributed by atoms with Crippen molar-refractivity contribution < 1.29 is 36.0 Å². The maximum absolute atomic E-state index is 14.6. The molecule has 3 aromatic rings. The third kappa shape index (κ3) is 5.12. The van der Waals surface area contributed by atoms with Crippen molar-refractivity contribution in [1.29, 1.82) is 0 Å². The number of amides is 2. The first kappa shape index (κ1) is 27.5. The molecule has 2 amide bonds. The van der Waals surface area contributed by atoms with Gasteiger partial charge in [-0.25, -0.2) is 41.1 Å². The maximum atomic E-state index is 14.6. The van der Waals surface area contributed by atoms with Crippen LogP contribution < -0.4 is 9.62 Å². The van der Waals surface area contributed by atoms with Crippen molar-refractivity contribution in [2.24, 2.45) is 5.10 Å². The lowest BCUT2D eigenvalue weighted by molar-refractivity contribution is 0.0256. The van der Waals surface area contributed by atoms with E-state index in [0.717, 1.165) is 36.5 Å². The number of hydrogen-bond acceptors (Lipinski definition) is 8. The molecule has 1 unspecified atom stereocenters. The highest BCUT2D eigenvalue weighted by Crippen LogP contribution is 2.32. The van der Waals surface area contributed by atoms with Crippen molar-refractivity contribution in [2.45, 2.75) is 37.3 Å². The fourth-order valence-corrected chi connectivity index (χ4v) is 5.85. The van der Waals surface area contributed by atoms with Gasteiger partial charge in [0, 0.05) is 24.8 Å². The first-order valence-corrected chi connectivity index (χ1v) is 13.5. The highest BCUT2D eigenvalue weighted by Gasteiger charge is 2.39. The van der Waals surface area contributed by atoms with Crippen LogP contribution in [0.25, 0.3) is 5.82 Å². The van der Waals surface area contributed by atoms with Crippen molar-refractivity contribution >= 4 is 22.3 Å². The third-order valence-corrected chi connectivity index (χ3v) is 7.93. The molecule has 5 rings (SSSR count). The minimum atomic E-state index is -4.02. The summed E-state index contributed by atoms with van der Waals surface area (Å²) < 4.78 is 73.9. The lowest BCUT2D eigenvalue weighted by Gasteiger charge is -2.41. The van der Waals surface area contributed by atoms with Crippen LogP contribution in [-0.2, 0) is 14.9 Å². The Balaban J connectivity index is 1.28. The second kappa shape index (κ2) is 10.5. The van der Waals surface area contributed by atoms with E-state index in [2.05, 4.69) is 20.0 Å². The predicted molar refractivity (Wildman–Crippen MR) is 134 cm³/mol. The standard InChI is InChI=1S/C24H24F3N7O5S/c1-13-23(40(36,37)31-38-3)14(2)33(30-13)22-9-21(19(27)10-28-22)39-18-11-32(12-18)24(35)34-20(4-5-29-34)15-6-16(25)8-17(26)7-15/h5-10,18,20,31H,4,11-12H2,1-3H3. The van der Waals surface area contributed by atoms with Crippen molar-refractivity contribution in [2.75, 3.05) is 20.2 Å². The Bertz CT molecular complexity index is 1590. The molecule has 2 aliphatic heterocycles. The van der Waals surface area contributed by atoms with Crippen LogP contribution in [0.4, 0.5) is 18.0 Å². The molecule has 1 N–H and O–H groups in total. The van der Waals surface area contributed by atoms with E-state index in [0.29, 0.717) is 6.42 Å². The Kier molecular flexibility index (Phi) is 7.24. The summed E-state index contributed by atoms with van der Waals surface area (Å²) in [5.41, 5.74) is 0.667. The van der Waals surface area contributed by atoms with Crippen LogP contribution >= 0.6 is 0 Å². The molecule has 2 aromatic heterocycles. The van der Waals surface area contributed by atoms with Crippen LogP contribution in [-0.4, -0.2) is 71.6 Å². The zero-order valence-corrected chi connectivity index (χ0v) is 22.3. The van der Waals surface area contributed by atoms with Crippen LogP contribution in [0.3, 0.4) is 0 Å². The summed E-state index contributed by atoms with van der Waals surface area (Å²) in [6.45, 7) is 3.22. The SMILES string of the molecule is CONS(=O)(=O)c1c(C)nn(-c2cc(OC3CN(C(=O)N4N=CCC4c4cc(F)cc(F)c4)C3)c(F)cn2)c1C. The second-order valence-electron chi connectivity index (χ2n) is 9.20. The number of rotatable bonds is 7. The van der Waals surface area contributed by atoms with Crippen molar-refractivity contribution in [3.05, 3.63) is 64.9 Å². The lowest BCUT2D eigenvalue weighted by Crippen LogP contribution is -2.58. The molecule has 212 valence electrons. The molecule has 0 aliphatic carbocycles. The first-order chi connectivity index (χ1) is 19.0. The molecule has 1 atom stereocenters. The molecule has 1 aromatic carbocycles. The fourth-order valence-electron chi connectivity index (χ4n) is 4.64. The monoisotopic (exact) mass is 579 g/mol. The number of benzene rings is 1. The number of aryl methyl sites for hydroxylation is 1. The van der Waals surface area contributed by atoms with Gasteiger partial charge in [-0.3, -0.25) is 4.84 Å². The van der Waals surface area contributed by atoms with Gasteiger partial charge in [0.15, 0.2) is 17.4 Å². The molecule has 40 heavy (non-hydrogen) atoms. The van der Waals surface area contributed by atoms with Gasteiger partial charge in [-0.15, -0.1) is 0 Å². The Hall–Kier alpha value is -4.02. The highest BCUT2D eigenvalue weighted by molar-refractivity contribution is 7.89. The van der Waals surface area contributed by atoms with Crippen LogP contribution in [0, 0.1) is 31.3 Å². The second-order valence-corrected chi connectivity index (χ2v) is 10.8. The first-order valence-electron chi connectivity index (χ1n) is 12.0. The van der Waals surface area contributed by atoms with Gasteiger partial charge in [0.2, 0.25) is 0 Å². The molecule has 0 radical (unpaired) electrons. The summed E-state index contributed by atoms with van der Waals surface area (Å²) in [4.78, 5) is 24.8. The number of pyridine rings is 1. The molecule has 12 nitrogen and oxygen atoms in total. The Labute approximate surface area is 227 Å². The molecule has 0 saturated carbocycles. The zero-order valence-electron chi connectivity index (χ0n) is 21.5. The fraction of sp³-hybridized carbons (Fsp3) is 0.333. The average Bonchev–Trinajstić information content (AvgIpc) is 3.46. The number of carbonyl (C=O) groups excluding carboxylic acids is 1. The molecule has 1 fully saturated rings. The lowest BCUT2D eigenvalue weighted by atomic mass is 10.0. The molecular formula is C24H24F3N7O5S. The van der Waals surface area contributed by atoms with Gasteiger partial charge in [0.1, 0.15) is 22.6 Å². The van der Waals surface area contributed by atoms with Gasteiger partial charge in [0.05, 0.1) is 43.8 Å². The minimum Gasteiger partial charge on any atom is -0.483 e. The third-order valence-electron chi connectivity index (χ3n) is 6.42. The van der Waals surface area contributed by atoms with Crippen molar-refractivity contribution in [1.82, 2.24) is 29.6 Å². The normalized spacial score (nSPS) is 17.4. The number of likely N-dealkylation sites (tertiary alicyclic amines) is 1. The quantitative estimate of drug-likeness (QED) is 0.426. The number of hydrazone groups is 1. The average molecular weight is 580 g/mol. The van der Waals surface area contributed by atoms with Gasteiger partial charge in [-0.1, -0.05) is 4.89 Å². The van der Waals surface area contributed by atoms with Gasteiger partial charge >= 0.3 is 6.03 Å². The van der Waals surface area contributed by atoms with E-state index in [4.69, 9.17) is 4.74 Å². The summed E-state index contributed by atoms with van der Waals surface area (Å²) in [6, 6.07) is 3.19. The van der Waals surface area contributed by atoms with Gasteiger partial charge < -0.3 is 9.64 Å². The van der Waals surface area contributed by atoms with E-state index >= 15 is 0 Å². The summed E-state index contributed by atoms with van der Waals surface area (Å²) >= 11 is 0. The van der Waals surface area contributed by atoms with E-state index in [-0.39, 0.29) is 46.5 Å². The van der Waals surface area contributed by atoms with Crippen LogP contribution in [0.15, 0.2) is 40.5 Å². The number of nitrogens with zero attached hydrogens (tertiary/aromatic N) is 6. The molecule has 4 heterocycles. The Morgan fingerprint density at radius 3 is 2.48 bits per heavy atom. The summed E-state index contributed by atoms with van der Waals surface area (Å²) in [5.74, 6) is -2.33. The Morgan fingerprint density at radius 2 is 1.80 bits per heavy atom. The molecule has 2 aliphatic rings. The van der Waals surface area contributed by atoms with Gasteiger partial charge in [-0.2, -0.15) is 10.2 Å². The summed E-state index contributed by atoms with van der Waals surface area (Å²) in [7, 11) is -2.85. The largest absolute Gasteiger partial charge is 0.483 e. The molecule has 0 spiro atoms. The Morgan fingerprint density at radius 1 is 1.10 bits per heavy atom. The topological polar surface area (TPSA) is 131 Å². The summed E-state index contributed by atoms with van der Waals surface area (Å²) in [6.07, 6.45) is 2.15. The molecule has 1 saturated heterocycles. The highest BCUT2D eigenvalue weighted by atomic mass is 32.2. The number of halogens is 3. The van der Waals surface area contributed by atoms with Crippen LogP contribution in [0.5, 0.6) is 5.75 Å². The zero-order chi connectivity index (χ0) is 28.8. The molecule has 0 bridgehead atoms. The predicted octanol–water partition coefficient (Wildman–Crippen LogP) is 2.76. The van der Waals surface area contributed by atoms with E-state index in [1.807, 2.05) is 4.89 Å². The maximum Gasteiger partial charge on any atom is 0.341 e. The van der Waals surface area contributed by atoms with Gasteiger partial charge in [-0.05, 0) is 31.5 Å². The van der Waals surface area contributed by atoms with E-state index in [1.165, 1.54) is 35.7 Å². The smallest absolute Gasteiger partial charge is 0.341 e. The number of hydrogen-bond donors (Lipinski definition) is 1. The number of urea groups is 1. The van der Waals surface area contributed by atoms with Crippen molar-refractivity contribution in [3.8, 4) is 11.6 Å².